The second-order valence-electron chi connectivity index (χ2n) is 17.5. The predicted molar refractivity (Wildman–Crippen MR) is 250 cm³/mol. The van der Waals surface area contributed by atoms with E-state index >= 15 is 0 Å². The van der Waals surface area contributed by atoms with Crippen molar-refractivity contribution in [3.05, 3.63) is 101 Å². The summed E-state index contributed by atoms with van der Waals surface area (Å²) in [6.07, 6.45) is -0.230. The highest BCUT2D eigenvalue weighted by atomic mass is 19.4. The third kappa shape index (κ3) is 12.5. The molecule has 1 atom stereocenters. The van der Waals surface area contributed by atoms with Gasteiger partial charge in [-0.05, 0) is 95.1 Å². The summed E-state index contributed by atoms with van der Waals surface area (Å²) in [6, 6.07) is 12.5. The number of unbranched alkanes of at least 4 members (excludes halogenated alkanes) is 2. The number of carbonyl (C=O) groups excluding carboxylic acids is 8. The third-order valence-electron chi connectivity index (χ3n) is 10.9. The normalized spacial score (nSPS) is 14.7. The molecule has 72 heavy (non-hydrogen) atoms. The number of anilines is 3. The number of primary amides is 1. The molecule has 3 aromatic heterocycles. The van der Waals surface area contributed by atoms with Crippen LogP contribution in [0.2, 0.25) is 0 Å². The maximum Gasteiger partial charge on any atom is 0.416 e. The van der Waals surface area contributed by atoms with Crippen LogP contribution in [0.1, 0.15) is 105 Å². The van der Waals surface area contributed by atoms with Crippen molar-refractivity contribution >= 4 is 64.6 Å². The Morgan fingerprint density at radius 1 is 0.917 bits per heavy atom. The second kappa shape index (κ2) is 21.7. The number of ether oxygens (including phenoxy) is 1. The number of alkyl halides is 3. The predicted octanol–water partition coefficient (Wildman–Crippen LogP) is 4.58. The monoisotopic (exact) mass is 998 g/mol. The molecule has 0 bridgehead atoms. The summed E-state index contributed by atoms with van der Waals surface area (Å²) >= 11 is 0. The molecule has 22 nitrogen and oxygen atoms in total. The van der Waals surface area contributed by atoms with E-state index in [1.807, 2.05) is 0 Å². The molecular weight excluding hydrogens is 950 g/mol. The molecule has 8 amide bonds. The van der Waals surface area contributed by atoms with Crippen LogP contribution in [0.3, 0.4) is 0 Å². The van der Waals surface area contributed by atoms with Crippen LogP contribution < -0.4 is 37.2 Å². The number of rotatable bonds is 19. The molecule has 0 spiro atoms. The highest BCUT2D eigenvalue weighted by Crippen LogP contribution is 2.33. The molecule has 7 rings (SSSR count). The SMILES string of the molecule is CC(C)(C)OC(=O)N(CC(F)(F)F)c1cc(-c2nc(C(=O)Nc3cn(-c4ccc(C(=O)NCCCCCNCCNc5cccc6c5C(=O)N(C5CCC(=O)NC5=O)C6=O)cc4)nc3C(N)=O)co2)ccn1. The first kappa shape index (κ1) is 51.4. The van der Waals surface area contributed by atoms with E-state index in [2.05, 4.69) is 41.7 Å². The number of oxazole rings is 1. The van der Waals surface area contributed by atoms with Crippen LogP contribution in [0.5, 0.6) is 0 Å². The third-order valence-corrected chi connectivity index (χ3v) is 10.9. The Morgan fingerprint density at radius 3 is 2.38 bits per heavy atom. The maximum atomic E-state index is 13.5. The summed E-state index contributed by atoms with van der Waals surface area (Å²) < 4.78 is 52.3. The minimum atomic E-state index is -4.80. The standard InChI is InChI=1S/C47H49F3N12O10/c1-46(2,3)72-45(70)60(25-47(48,49)50)34-22-27(16-19-54-34)42-57-32(24-71-42)40(66)56-31-23-61(59-37(31)38(51)64)28-12-10-26(11-13-28)39(65)55-18-6-4-5-17-52-20-21-53-30-9-7-8-29-36(30)44(69)62(43(29)68)33-14-15-35(63)58-41(33)67/h7-13,16,19,22-24,33,52-53H,4-6,14-15,17-18,20-21,25H2,1-3H3,(H2,51,64)(H,55,65)(H,56,66)(H,58,63,67). The topological polar surface area (TPSA) is 295 Å². The summed E-state index contributed by atoms with van der Waals surface area (Å²) in [6.45, 7) is 4.89. The van der Waals surface area contributed by atoms with Crippen molar-refractivity contribution in [2.75, 3.05) is 48.3 Å². The van der Waals surface area contributed by atoms with E-state index in [1.54, 1.807) is 36.4 Å². The molecule has 5 heterocycles. The smallest absolute Gasteiger partial charge is 0.416 e. The fourth-order valence-electron chi connectivity index (χ4n) is 7.61. The van der Waals surface area contributed by atoms with Crippen LogP contribution in [0.25, 0.3) is 17.1 Å². The van der Waals surface area contributed by atoms with Crippen LogP contribution in [-0.4, -0.2) is 123 Å². The zero-order chi connectivity index (χ0) is 51.9. The van der Waals surface area contributed by atoms with E-state index in [1.165, 1.54) is 43.8 Å². The van der Waals surface area contributed by atoms with E-state index in [0.29, 0.717) is 54.4 Å². The Hall–Kier alpha value is -8.48. The van der Waals surface area contributed by atoms with Gasteiger partial charge in [0.2, 0.25) is 17.7 Å². The van der Waals surface area contributed by atoms with E-state index < -0.39 is 71.7 Å². The second-order valence-corrected chi connectivity index (χ2v) is 17.5. The van der Waals surface area contributed by atoms with Crippen molar-refractivity contribution in [2.24, 2.45) is 5.73 Å². The van der Waals surface area contributed by atoms with Gasteiger partial charge >= 0.3 is 12.3 Å². The Balaban J connectivity index is 0.847. The van der Waals surface area contributed by atoms with Gasteiger partial charge < -0.3 is 36.2 Å². The zero-order valence-electron chi connectivity index (χ0n) is 39.1. The largest absolute Gasteiger partial charge is 0.444 e. The molecule has 5 aromatic rings. The minimum absolute atomic E-state index is 0.0327. The number of piperidine rings is 1. The van der Waals surface area contributed by atoms with E-state index in [-0.39, 0.29) is 58.4 Å². The number of pyridine rings is 1. The lowest BCUT2D eigenvalue weighted by Crippen LogP contribution is -2.54. The lowest BCUT2D eigenvalue weighted by Gasteiger charge is -2.27. The molecule has 0 radical (unpaired) electrons. The molecule has 0 saturated carbocycles. The molecule has 2 aromatic carbocycles. The van der Waals surface area contributed by atoms with Crippen LogP contribution in [-0.2, 0) is 14.3 Å². The molecule has 1 saturated heterocycles. The Morgan fingerprint density at radius 2 is 1.67 bits per heavy atom. The Kier molecular flexibility index (Phi) is 15.5. The lowest BCUT2D eigenvalue weighted by molar-refractivity contribution is -0.136. The number of nitrogens with zero attached hydrogens (tertiary/aromatic N) is 6. The van der Waals surface area contributed by atoms with Crippen LogP contribution in [0.4, 0.5) is 35.2 Å². The van der Waals surface area contributed by atoms with Crippen molar-refractivity contribution in [1.82, 2.24) is 40.6 Å². The van der Waals surface area contributed by atoms with Gasteiger partial charge in [-0.1, -0.05) is 12.5 Å². The fraction of sp³-hybridized carbons (Fsp3) is 0.340. The van der Waals surface area contributed by atoms with Crippen molar-refractivity contribution in [3.8, 4) is 17.1 Å². The van der Waals surface area contributed by atoms with Crippen molar-refractivity contribution in [1.29, 1.82) is 0 Å². The van der Waals surface area contributed by atoms with Crippen LogP contribution in [0.15, 0.2) is 77.7 Å². The van der Waals surface area contributed by atoms with Gasteiger partial charge in [-0.3, -0.25) is 48.7 Å². The van der Waals surface area contributed by atoms with Gasteiger partial charge in [0.25, 0.3) is 29.5 Å². The number of benzene rings is 2. The van der Waals surface area contributed by atoms with Crippen molar-refractivity contribution in [2.45, 2.75) is 70.7 Å². The van der Waals surface area contributed by atoms with Crippen molar-refractivity contribution < 1.29 is 60.7 Å². The molecule has 2 aliphatic rings. The Bertz CT molecular complexity index is 2910. The summed E-state index contributed by atoms with van der Waals surface area (Å²) in [4.78, 5) is 111. The molecule has 378 valence electrons. The average molecular weight is 999 g/mol. The van der Waals surface area contributed by atoms with Gasteiger partial charge in [0.05, 0.1) is 28.7 Å². The zero-order valence-corrected chi connectivity index (χ0v) is 39.1. The number of aromatic nitrogens is 4. The first-order valence-electron chi connectivity index (χ1n) is 22.6. The van der Waals surface area contributed by atoms with Gasteiger partial charge in [0.1, 0.15) is 30.3 Å². The molecule has 7 N–H and O–H groups in total. The Labute approximate surface area is 408 Å². The van der Waals surface area contributed by atoms with Gasteiger partial charge in [-0.25, -0.2) is 19.4 Å². The number of fused-ring (bicyclic) bond motifs is 1. The number of hydrogen-bond donors (Lipinski definition) is 6. The molecule has 25 heteroatoms. The first-order chi connectivity index (χ1) is 34.2. The number of amides is 8. The molecular formula is C47H49F3N12O10. The summed E-state index contributed by atoms with van der Waals surface area (Å²) in [5.41, 5.74) is 5.46. The van der Waals surface area contributed by atoms with Crippen molar-refractivity contribution in [3.63, 3.8) is 0 Å². The lowest BCUT2D eigenvalue weighted by atomic mass is 10.0. The highest BCUT2D eigenvalue weighted by molar-refractivity contribution is 6.25. The average Bonchev–Trinajstić information content (AvgIpc) is 4.05. The molecule has 0 aliphatic carbocycles. The number of halogens is 3. The number of nitrogens with two attached hydrogens (primary N) is 1. The van der Waals surface area contributed by atoms with Gasteiger partial charge in [-0.15, -0.1) is 0 Å². The van der Waals surface area contributed by atoms with Crippen LogP contribution in [0, 0.1) is 0 Å². The molecule has 1 unspecified atom stereocenters. The molecule has 1 fully saturated rings. The summed E-state index contributed by atoms with van der Waals surface area (Å²) in [7, 11) is 0. The van der Waals surface area contributed by atoms with E-state index in [9.17, 15) is 51.5 Å². The first-order valence-corrected chi connectivity index (χ1v) is 22.6. The minimum Gasteiger partial charge on any atom is -0.444 e. The van der Waals surface area contributed by atoms with E-state index in [4.69, 9.17) is 14.9 Å². The van der Waals surface area contributed by atoms with Gasteiger partial charge in [-0.2, -0.15) is 18.3 Å². The number of carbonyl (C=O) groups is 8. The number of imide groups is 2. The van der Waals surface area contributed by atoms with Crippen LogP contribution >= 0.6 is 0 Å². The number of hydrogen-bond acceptors (Lipinski definition) is 15. The van der Waals surface area contributed by atoms with Gasteiger partial charge in [0, 0.05) is 49.1 Å². The fourth-order valence-corrected chi connectivity index (χ4v) is 7.61. The highest BCUT2D eigenvalue weighted by Gasteiger charge is 2.45. The maximum absolute atomic E-state index is 13.5. The number of nitrogens with one attached hydrogen (secondary N) is 5. The summed E-state index contributed by atoms with van der Waals surface area (Å²) in [5, 5.41) is 18.3. The van der Waals surface area contributed by atoms with E-state index in [0.717, 1.165) is 36.3 Å². The quantitative estimate of drug-likeness (QED) is 0.0488. The summed E-state index contributed by atoms with van der Waals surface area (Å²) in [5.74, 6) is -5.06. The van der Waals surface area contributed by atoms with Gasteiger partial charge in [0.15, 0.2) is 11.4 Å². The molecule has 2 aliphatic heterocycles.